The number of para-hydroxylation sites is 1. The molecule has 0 saturated carbocycles. The van der Waals surface area contributed by atoms with Crippen molar-refractivity contribution in [3.8, 4) is 6.07 Å². The molecule has 0 radical (unpaired) electrons. The Hall–Kier alpha value is -3.97. The van der Waals surface area contributed by atoms with E-state index in [4.69, 9.17) is 10.00 Å². The first-order chi connectivity index (χ1) is 13.7. The molecule has 0 saturated heterocycles. The number of pyridine rings is 1. The van der Waals surface area contributed by atoms with E-state index < -0.39 is 5.97 Å². The molecule has 0 amide bonds. The normalized spacial score (nSPS) is 11.0. The van der Waals surface area contributed by atoms with E-state index in [2.05, 4.69) is 17.1 Å². The molecule has 0 unspecified atom stereocenters. The van der Waals surface area contributed by atoms with Crippen LogP contribution in [0.4, 0.5) is 0 Å². The molecule has 4 heteroatoms. The number of hydrogen-bond acceptors (Lipinski definition) is 4. The second kappa shape index (κ2) is 7.73. The number of rotatable bonds is 4. The number of ether oxygens (including phenoxy) is 1. The van der Waals surface area contributed by atoms with Gasteiger partial charge in [-0.05, 0) is 35.2 Å². The lowest BCUT2D eigenvalue weighted by atomic mass is 10.0. The maximum atomic E-state index is 12.1. The number of aromatic nitrogens is 1. The Morgan fingerprint density at radius 2 is 1.61 bits per heavy atom. The number of nitrogens with zero attached hydrogens (tertiary/aromatic N) is 2. The average molecular weight is 364 g/mol. The first-order valence-electron chi connectivity index (χ1n) is 8.86. The van der Waals surface area contributed by atoms with Gasteiger partial charge in [-0.3, -0.25) is 0 Å². The van der Waals surface area contributed by atoms with E-state index in [1.54, 1.807) is 30.3 Å². The molecule has 0 aliphatic carbocycles. The maximum absolute atomic E-state index is 12.1. The fourth-order valence-corrected chi connectivity index (χ4v) is 3.10. The Morgan fingerprint density at radius 3 is 2.36 bits per heavy atom. The zero-order valence-electron chi connectivity index (χ0n) is 15.0. The predicted molar refractivity (Wildman–Crippen MR) is 109 cm³/mol. The summed E-state index contributed by atoms with van der Waals surface area (Å²) in [7, 11) is 0. The van der Waals surface area contributed by atoms with E-state index >= 15 is 0 Å². The van der Waals surface area contributed by atoms with Crippen LogP contribution in [-0.2, 0) is 16.1 Å². The molecule has 0 spiro atoms. The monoisotopic (exact) mass is 364 g/mol. The highest BCUT2D eigenvalue weighted by Crippen LogP contribution is 2.26. The van der Waals surface area contributed by atoms with Crippen LogP contribution in [0.15, 0.2) is 78.9 Å². The maximum Gasteiger partial charge on any atom is 0.331 e. The molecule has 4 rings (SSSR count). The van der Waals surface area contributed by atoms with E-state index in [1.807, 2.05) is 42.5 Å². The van der Waals surface area contributed by atoms with E-state index in [0.717, 1.165) is 32.9 Å². The molecule has 4 nitrogen and oxygen atoms in total. The lowest BCUT2D eigenvalue weighted by molar-refractivity contribution is -0.138. The Balaban J connectivity index is 1.54. The molecule has 0 fully saturated rings. The SMILES string of the molecule is N#Cc1ccc(C=CC(=O)OCc2nc3ccccc3c3ccccc23)cc1. The van der Waals surface area contributed by atoms with Crippen molar-refractivity contribution in [2.45, 2.75) is 6.61 Å². The van der Waals surface area contributed by atoms with E-state index in [9.17, 15) is 4.79 Å². The van der Waals surface area contributed by atoms with Gasteiger partial charge in [-0.1, -0.05) is 54.6 Å². The van der Waals surface area contributed by atoms with Crippen LogP contribution >= 0.6 is 0 Å². The molecule has 0 aliphatic heterocycles. The van der Waals surface area contributed by atoms with Gasteiger partial charge in [0.15, 0.2) is 0 Å². The number of carbonyl (C=O) groups is 1. The van der Waals surface area contributed by atoms with Crippen LogP contribution in [0.2, 0.25) is 0 Å². The second-order valence-corrected chi connectivity index (χ2v) is 6.30. The van der Waals surface area contributed by atoms with Gasteiger partial charge in [0.1, 0.15) is 6.61 Å². The van der Waals surface area contributed by atoms with Crippen molar-refractivity contribution in [1.82, 2.24) is 4.98 Å². The highest BCUT2D eigenvalue weighted by Gasteiger charge is 2.09. The number of esters is 1. The van der Waals surface area contributed by atoms with Crippen molar-refractivity contribution in [2.75, 3.05) is 0 Å². The third kappa shape index (κ3) is 3.60. The standard InChI is InChI=1S/C24H16N2O2/c25-15-18-11-9-17(10-12-18)13-14-24(27)28-16-23-21-7-2-1-5-19(21)20-6-3-4-8-22(20)26-23/h1-14H,16H2. The van der Waals surface area contributed by atoms with Gasteiger partial charge in [-0.25, -0.2) is 9.78 Å². The summed E-state index contributed by atoms with van der Waals surface area (Å²) >= 11 is 0. The van der Waals surface area contributed by atoms with Crippen LogP contribution in [0.25, 0.3) is 27.8 Å². The fourth-order valence-electron chi connectivity index (χ4n) is 3.10. The molecule has 0 N–H and O–H groups in total. The van der Waals surface area contributed by atoms with Crippen LogP contribution in [0.3, 0.4) is 0 Å². The minimum absolute atomic E-state index is 0.0991. The second-order valence-electron chi connectivity index (χ2n) is 6.30. The lowest BCUT2D eigenvalue weighted by Gasteiger charge is -2.09. The highest BCUT2D eigenvalue weighted by atomic mass is 16.5. The van der Waals surface area contributed by atoms with E-state index in [1.165, 1.54) is 6.08 Å². The Bertz CT molecular complexity index is 1240. The van der Waals surface area contributed by atoms with Gasteiger partial charge in [0.05, 0.1) is 22.8 Å². The molecule has 28 heavy (non-hydrogen) atoms. The van der Waals surface area contributed by atoms with Crippen molar-refractivity contribution >= 4 is 33.7 Å². The summed E-state index contributed by atoms with van der Waals surface area (Å²) in [6, 6.07) is 24.9. The van der Waals surface area contributed by atoms with Crippen LogP contribution in [0, 0.1) is 11.3 Å². The number of fused-ring (bicyclic) bond motifs is 3. The predicted octanol–water partition coefficient (Wildman–Crippen LogP) is 5.02. The summed E-state index contributed by atoms with van der Waals surface area (Å²) in [5.41, 5.74) is 3.01. The Morgan fingerprint density at radius 1 is 0.929 bits per heavy atom. The number of hydrogen-bond donors (Lipinski definition) is 0. The highest BCUT2D eigenvalue weighted by molar-refractivity contribution is 6.06. The summed E-state index contributed by atoms with van der Waals surface area (Å²) in [6.07, 6.45) is 3.04. The summed E-state index contributed by atoms with van der Waals surface area (Å²) in [5, 5.41) is 12.0. The van der Waals surface area contributed by atoms with Crippen molar-refractivity contribution in [3.05, 3.63) is 95.7 Å². The largest absolute Gasteiger partial charge is 0.456 e. The van der Waals surface area contributed by atoms with Gasteiger partial charge in [0.25, 0.3) is 0 Å². The van der Waals surface area contributed by atoms with Gasteiger partial charge >= 0.3 is 5.97 Å². The van der Waals surface area contributed by atoms with Crippen LogP contribution < -0.4 is 0 Å². The number of nitriles is 1. The molecule has 4 aromatic rings. The molecule has 0 aliphatic rings. The topological polar surface area (TPSA) is 63.0 Å². The van der Waals surface area contributed by atoms with Crippen molar-refractivity contribution in [1.29, 1.82) is 5.26 Å². The van der Waals surface area contributed by atoms with Crippen LogP contribution in [0.1, 0.15) is 16.8 Å². The lowest BCUT2D eigenvalue weighted by Crippen LogP contribution is -2.03. The average Bonchev–Trinajstić information content (AvgIpc) is 2.76. The smallest absolute Gasteiger partial charge is 0.331 e. The molecule has 0 bridgehead atoms. The first-order valence-corrected chi connectivity index (χ1v) is 8.86. The Labute approximate surface area is 162 Å². The molecular formula is C24H16N2O2. The third-order valence-electron chi connectivity index (χ3n) is 4.49. The molecule has 1 heterocycles. The van der Waals surface area contributed by atoms with Gasteiger partial charge in [0, 0.05) is 16.8 Å². The number of carbonyl (C=O) groups excluding carboxylic acids is 1. The quantitative estimate of drug-likeness (QED) is 0.290. The van der Waals surface area contributed by atoms with Gasteiger partial charge in [-0.15, -0.1) is 0 Å². The van der Waals surface area contributed by atoms with Crippen molar-refractivity contribution < 1.29 is 9.53 Å². The van der Waals surface area contributed by atoms with E-state index in [-0.39, 0.29) is 6.61 Å². The zero-order valence-corrected chi connectivity index (χ0v) is 15.0. The van der Waals surface area contributed by atoms with E-state index in [0.29, 0.717) is 5.56 Å². The van der Waals surface area contributed by atoms with Crippen LogP contribution in [-0.4, -0.2) is 11.0 Å². The number of benzene rings is 3. The summed E-state index contributed by atoms with van der Waals surface area (Å²) in [5.74, 6) is -0.441. The minimum atomic E-state index is -0.441. The van der Waals surface area contributed by atoms with Gasteiger partial charge < -0.3 is 4.74 Å². The Kier molecular flexibility index (Phi) is 4.81. The minimum Gasteiger partial charge on any atom is -0.456 e. The van der Waals surface area contributed by atoms with Crippen LogP contribution in [0.5, 0.6) is 0 Å². The first kappa shape index (κ1) is 17.4. The third-order valence-corrected chi connectivity index (χ3v) is 4.49. The van der Waals surface area contributed by atoms with Crippen molar-refractivity contribution in [2.24, 2.45) is 0 Å². The summed E-state index contributed by atoms with van der Waals surface area (Å²) in [4.78, 5) is 16.8. The molecule has 3 aromatic carbocycles. The molecular weight excluding hydrogens is 348 g/mol. The van der Waals surface area contributed by atoms with Gasteiger partial charge in [0.2, 0.25) is 0 Å². The molecule has 0 atom stereocenters. The fraction of sp³-hybridized carbons (Fsp3) is 0.0417. The molecule has 1 aromatic heterocycles. The summed E-state index contributed by atoms with van der Waals surface area (Å²) in [6.45, 7) is 0.0991. The molecule has 134 valence electrons. The zero-order chi connectivity index (χ0) is 19.3. The van der Waals surface area contributed by atoms with Crippen molar-refractivity contribution in [3.63, 3.8) is 0 Å². The summed E-state index contributed by atoms with van der Waals surface area (Å²) < 4.78 is 5.41. The van der Waals surface area contributed by atoms with Gasteiger partial charge in [-0.2, -0.15) is 5.26 Å².